The summed E-state index contributed by atoms with van der Waals surface area (Å²) in [7, 11) is -6.85. The number of nitrogens with zero attached hydrogens (tertiary/aromatic N) is 2. The predicted molar refractivity (Wildman–Crippen MR) is 327 cm³/mol. The molecule has 2 nitrogen and oxygen atoms in total. The molecule has 0 atom stereocenters. The van der Waals surface area contributed by atoms with Gasteiger partial charge < -0.3 is 9.13 Å². The topological polar surface area (TPSA) is 9.86 Å². The minimum Gasteiger partial charge on any atom is -0.309 e. The molecule has 0 amide bonds. The lowest BCUT2D eigenvalue weighted by Gasteiger charge is -2.21. The zero-order valence-electron chi connectivity index (χ0n) is 45.8. The highest BCUT2D eigenvalue weighted by Crippen LogP contribution is 2.47. The molecule has 0 fully saturated rings. The van der Waals surface area contributed by atoms with Crippen LogP contribution in [0.25, 0.3) is 98.8 Å². The molecule has 2 heterocycles. The van der Waals surface area contributed by atoms with Gasteiger partial charge in [-0.25, -0.2) is 8.78 Å². The molecule has 2 aromatic heterocycles. The maximum absolute atomic E-state index is 15.0. The molecule has 0 aliphatic rings. The van der Waals surface area contributed by atoms with Crippen molar-refractivity contribution in [2.45, 2.75) is 97.6 Å². The van der Waals surface area contributed by atoms with Gasteiger partial charge in [-0.3, -0.25) is 0 Å². The van der Waals surface area contributed by atoms with Crippen molar-refractivity contribution in [1.82, 2.24) is 9.13 Å². The Hall–Kier alpha value is -6.38. The number of fused-ring (bicyclic) bond motifs is 8. The largest absolute Gasteiger partial charge is 0.416 e. The third kappa shape index (κ3) is 8.90. The highest BCUT2D eigenvalue weighted by molar-refractivity contribution is 6.90. The second-order valence-electron chi connectivity index (χ2n) is 25.3. The summed E-state index contributed by atoms with van der Waals surface area (Å²) >= 11 is 0. The monoisotopic (exact) mass is 1080 g/mol. The van der Waals surface area contributed by atoms with Crippen molar-refractivity contribution < 1.29 is 22.0 Å². The first kappa shape index (κ1) is 51.7. The molecule has 76 heavy (non-hydrogen) atoms. The van der Waals surface area contributed by atoms with Crippen LogP contribution in [0.3, 0.4) is 0 Å². The molecule has 11 aromatic rings. The molecule has 0 spiro atoms. The predicted octanol–water partition coefficient (Wildman–Crippen LogP) is 17.8. The van der Waals surface area contributed by atoms with E-state index in [1.165, 1.54) is 66.6 Å². The van der Waals surface area contributed by atoms with Crippen LogP contribution in [0.2, 0.25) is 78.6 Å². The van der Waals surface area contributed by atoms with Crippen molar-refractivity contribution in [3.05, 3.63) is 169 Å². The van der Waals surface area contributed by atoms with E-state index in [1.54, 1.807) is 24.3 Å². The van der Waals surface area contributed by atoms with Crippen LogP contribution in [0.5, 0.6) is 0 Å². The normalized spacial score (nSPS) is 13.4. The van der Waals surface area contributed by atoms with Gasteiger partial charge in [-0.1, -0.05) is 196 Å². The minimum absolute atomic E-state index is 0.0872. The van der Waals surface area contributed by atoms with Crippen LogP contribution < -0.4 is 20.7 Å². The van der Waals surface area contributed by atoms with Crippen molar-refractivity contribution in [1.29, 1.82) is 0 Å². The number of alkyl halides is 5. The fourth-order valence-electron chi connectivity index (χ4n) is 11.3. The first-order valence-electron chi connectivity index (χ1n) is 26.4. The summed E-state index contributed by atoms with van der Waals surface area (Å²) in [6.45, 7) is 29.4. The number of rotatable bonds is 9. The van der Waals surface area contributed by atoms with Crippen molar-refractivity contribution in [3.63, 3.8) is 0 Å². The minimum atomic E-state index is -4.52. The first-order valence-corrected chi connectivity index (χ1v) is 40.4. The quantitative estimate of drug-likeness (QED) is 0.0774. The lowest BCUT2D eigenvalue weighted by molar-refractivity contribution is -0.137. The van der Waals surface area contributed by atoms with E-state index in [2.05, 4.69) is 197 Å². The van der Waals surface area contributed by atoms with Crippen LogP contribution in [0.15, 0.2) is 158 Å². The molecule has 0 bridgehead atoms. The SMILES string of the molecule is CC(F)(F)c1ccc(-c2c3ccc(-n4c5ccc([Si](C)(C)C)cc5c5cc([Si](C)(C)C)ccc54)cc3c(-c3ccc(C(F)(F)F)cc3)c3ccc(-n4c5ccc([Si](C)(C)C)cc5c5cc([Si](C)(C)C)ccc54)cc23)cc1. The van der Waals surface area contributed by atoms with Crippen LogP contribution in [0.1, 0.15) is 18.1 Å². The van der Waals surface area contributed by atoms with Gasteiger partial charge in [-0.05, 0) is 104 Å². The fraction of sp³-hybridized carbons (Fsp3) is 0.231. The summed E-state index contributed by atoms with van der Waals surface area (Å²) in [5.74, 6) is -3.05. The summed E-state index contributed by atoms with van der Waals surface area (Å²) in [6, 6.07) is 52.7. The molecule has 0 aliphatic carbocycles. The van der Waals surface area contributed by atoms with Crippen LogP contribution in [0.4, 0.5) is 22.0 Å². The molecule has 0 radical (unpaired) electrons. The number of hydrogen-bond acceptors (Lipinski definition) is 0. The molecule has 0 unspecified atom stereocenters. The number of benzene rings is 9. The van der Waals surface area contributed by atoms with Crippen LogP contribution in [-0.2, 0) is 12.1 Å². The molecule has 0 N–H and O–H groups in total. The van der Waals surface area contributed by atoms with Crippen molar-refractivity contribution >= 4 is 118 Å². The number of halogens is 5. The maximum atomic E-state index is 15.0. The fourth-order valence-corrected chi connectivity index (χ4v) is 16.0. The second-order valence-corrected chi connectivity index (χ2v) is 45.7. The van der Waals surface area contributed by atoms with Crippen molar-refractivity contribution in [2.75, 3.05) is 0 Å². The maximum Gasteiger partial charge on any atom is 0.416 e. The Kier molecular flexibility index (Phi) is 12.0. The number of aromatic nitrogens is 2. The van der Waals surface area contributed by atoms with E-state index in [0.29, 0.717) is 5.56 Å². The zero-order chi connectivity index (χ0) is 54.4. The Morgan fingerprint density at radius 2 is 0.592 bits per heavy atom. The van der Waals surface area contributed by atoms with Gasteiger partial charge in [0.15, 0.2) is 0 Å². The molecule has 386 valence electrons. The smallest absolute Gasteiger partial charge is 0.309 e. The van der Waals surface area contributed by atoms with E-state index < -0.39 is 50.0 Å². The summed E-state index contributed by atoms with van der Waals surface area (Å²) in [5.41, 5.74) is 8.34. The van der Waals surface area contributed by atoms with Gasteiger partial charge in [0.25, 0.3) is 5.92 Å². The van der Waals surface area contributed by atoms with Gasteiger partial charge in [0.05, 0.1) is 59.9 Å². The Morgan fingerprint density at radius 3 is 0.855 bits per heavy atom. The Bertz CT molecular complexity index is 3740. The molecular weight excluding hydrogens is 1020 g/mol. The van der Waals surface area contributed by atoms with Crippen LogP contribution in [0, 0.1) is 0 Å². The number of hydrogen-bond donors (Lipinski definition) is 0. The van der Waals surface area contributed by atoms with Gasteiger partial charge >= 0.3 is 6.18 Å². The van der Waals surface area contributed by atoms with Gasteiger partial charge in [0, 0.05) is 45.4 Å². The van der Waals surface area contributed by atoms with Crippen molar-refractivity contribution in [3.8, 4) is 33.6 Å². The van der Waals surface area contributed by atoms with Gasteiger partial charge in [-0.15, -0.1) is 0 Å². The Balaban J connectivity index is 1.26. The molecule has 9 aromatic carbocycles. The second kappa shape index (κ2) is 17.6. The molecule has 0 saturated carbocycles. The molecular formula is C65H65F5N2Si4. The van der Waals surface area contributed by atoms with Crippen molar-refractivity contribution in [2.24, 2.45) is 0 Å². The summed E-state index contributed by atoms with van der Waals surface area (Å²) in [5, 5.41) is 13.6. The average Bonchev–Trinajstić information content (AvgIpc) is 3.99. The van der Waals surface area contributed by atoms with Gasteiger partial charge in [0.2, 0.25) is 0 Å². The van der Waals surface area contributed by atoms with E-state index in [1.807, 2.05) is 0 Å². The summed E-state index contributed by atoms with van der Waals surface area (Å²) < 4.78 is 77.6. The Labute approximate surface area is 446 Å². The molecule has 0 saturated heterocycles. The van der Waals surface area contributed by atoms with E-state index in [-0.39, 0.29) is 5.56 Å². The van der Waals surface area contributed by atoms with E-state index in [4.69, 9.17) is 0 Å². The summed E-state index contributed by atoms with van der Waals surface area (Å²) in [6.07, 6.45) is -4.52. The molecule has 11 rings (SSSR count). The van der Waals surface area contributed by atoms with Gasteiger partial charge in [0.1, 0.15) is 0 Å². The highest BCUT2D eigenvalue weighted by atomic mass is 28.3. The van der Waals surface area contributed by atoms with Gasteiger partial charge in [-0.2, -0.15) is 13.2 Å². The molecule has 0 aliphatic heterocycles. The molecule has 11 heteroatoms. The first-order chi connectivity index (χ1) is 35.5. The standard InChI is InChI=1S/C65H65F5N2Si4/c1-64(66,67)42-18-14-40(15-19-42)62-50-28-22-45(72-60-32-26-48(75(8,9)10)38-54(60)55-39-49(76(11,12)13)27-33-61(55)72)35-57(50)63(41-16-20-43(21-17-41)65(68,69)70)51-29-23-44(34-56(51)62)71-58-30-24-46(73(2,3)4)36-52(58)53-37-47(74(5,6)7)25-31-59(53)71/h14-39H,1-13H3. The highest BCUT2D eigenvalue weighted by Gasteiger charge is 2.31. The zero-order valence-corrected chi connectivity index (χ0v) is 49.8. The average molecular weight is 1080 g/mol. The van der Waals surface area contributed by atoms with E-state index in [9.17, 15) is 22.0 Å². The van der Waals surface area contributed by atoms with E-state index in [0.717, 1.165) is 78.6 Å². The third-order valence-electron chi connectivity index (χ3n) is 15.8. The van der Waals surface area contributed by atoms with Crippen LogP contribution >= 0.6 is 0 Å². The van der Waals surface area contributed by atoms with Crippen LogP contribution in [-0.4, -0.2) is 41.4 Å². The lowest BCUT2D eigenvalue weighted by atomic mass is 9.85. The summed E-state index contributed by atoms with van der Waals surface area (Å²) in [4.78, 5) is 0. The lowest BCUT2D eigenvalue weighted by Crippen LogP contribution is -2.37. The third-order valence-corrected chi connectivity index (χ3v) is 23.9. The van der Waals surface area contributed by atoms with E-state index >= 15 is 0 Å². The Morgan fingerprint density at radius 1 is 0.303 bits per heavy atom.